The number of rotatable bonds is 4. The number of carbonyl (C=O) groups is 1. The van der Waals surface area contributed by atoms with Crippen molar-refractivity contribution in [2.45, 2.75) is 45.1 Å². The Hall–Kier alpha value is -1.81. The fraction of sp³-hybridized carbons (Fsp3) is 0.526. The molecule has 0 bridgehead atoms. The second kappa shape index (κ2) is 5.38. The maximum atomic E-state index is 11.1. The molecule has 1 fully saturated rings. The van der Waals surface area contributed by atoms with E-state index >= 15 is 0 Å². The lowest BCUT2D eigenvalue weighted by molar-refractivity contribution is -0.137. The van der Waals surface area contributed by atoms with Gasteiger partial charge in [-0.15, -0.1) is 0 Å². The van der Waals surface area contributed by atoms with E-state index in [1.54, 1.807) is 0 Å². The number of aromatic amines is 1. The van der Waals surface area contributed by atoms with E-state index in [1.807, 2.05) is 0 Å². The van der Waals surface area contributed by atoms with Crippen LogP contribution in [0.4, 0.5) is 0 Å². The highest BCUT2D eigenvalue weighted by atomic mass is 16.4. The first-order chi connectivity index (χ1) is 11.1. The van der Waals surface area contributed by atoms with Crippen LogP contribution in [0.3, 0.4) is 0 Å². The van der Waals surface area contributed by atoms with E-state index < -0.39 is 5.97 Å². The Morgan fingerprint density at radius 2 is 2.22 bits per heavy atom. The summed E-state index contributed by atoms with van der Waals surface area (Å²) < 4.78 is 0. The van der Waals surface area contributed by atoms with Gasteiger partial charge in [-0.2, -0.15) is 0 Å². The zero-order valence-corrected chi connectivity index (χ0v) is 13.6. The smallest absolute Gasteiger partial charge is 0.303 e. The Kier molecular flexibility index (Phi) is 3.45. The van der Waals surface area contributed by atoms with Gasteiger partial charge in [0, 0.05) is 29.6 Å². The lowest BCUT2D eigenvalue weighted by Gasteiger charge is -2.40. The molecule has 2 unspecified atom stereocenters. The molecule has 1 saturated heterocycles. The highest BCUT2D eigenvalue weighted by molar-refractivity contribution is 5.85. The number of nitrogens with one attached hydrogen (secondary N) is 1. The normalized spacial score (nSPS) is 27.1. The third kappa shape index (κ3) is 2.19. The minimum absolute atomic E-state index is 0.0917. The van der Waals surface area contributed by atoms with Gasteiger partial charge in [0.05, 0.1) is 6.04 Å². The van der Waals surface area contributed by atoms with Crippen molar-refractivity contribution in [3.8, 4) is 0 Å². The zero-order valence-electron chi connectivity index (χ0n) is 13.6. The highest BCUT2D eigenvalue weighted by Gasteiger charge is 2.49. The fourth-order valence-corrected chi connectivity index (χ4v) is 4.89. The first-order valence-electron chi connectivity index (χ1n) is 8.70. The average molecular weight is 312 g/mol. The summed E-state index contributed by atoms with van der Waals surface area (Å²) in [4.78, 5) is 17.4. The first kappa shape index (κ1) is 14.8. The quantitative estimate of drug-likeness (QED) is 0.904. The molecule has 4 nitrogen and oxygen atoms in total. The Balaban J connectivity index is 1.80. The van der Waals surface area contributed by atoms with Crippen molar-refractivity contribution in [1.82, 2.24) is 9.88 Å². The van der Waals surface area contributed by atoms with Crippen molar-refractivity contribution >= 4 is 16.9 Å². The minimum atomic E-state index is -0.677. The predicted molar refractivity (Wildman–Crippen MR) is 90.5 cm³/mol. The molecule has 0 saturated carbocycles. The predicted octanol–water partition coefficient (Wildman–Crippen LogP) is 3.73. The van der Waals surface area contributed by atoms with Crippen LogP contribution in [-0.4, -0.2) is 34.0 Å². The van der Waals surface area contributed by atoms with Crippen molar-refractivity contribution < 1.29 is 9.90 Å². The largest absolute Gasteiger partial charge is 0.481 e. The number of hydrogen-bond donors (Lipinski definition) is 2. The number of carboxylic acid groups (broad SMARTS) is 1. The van der Waals surface area contributed by atoms with E-state index in [9.17, 15) is 4.79 Å². The van der Waals surface area contributed by atoms with Gasteiger partial charge in [0.1, 0.15) is 0 Å². The summed E-state index contributed by atoms with van der Waals surface area (Å²) in [6, 6.07) is 8.89. The molecule has 1 aromatic carbocycles. The standard InChI is InChI=1S/C19H24N2O2/c1-2-19(9-7-16(22)23)10-12-21-11-8-14-13-5-3-4-6-15(13)20-17(14)18(19)21/h3-6,18,20H,2,7-12H2,1H3,(H,22,23). The molecule has 2 aliphatic heterocycles. The molecule has 3 heterocycles. The molecule has 0 amide bonds. The van der Waals surface area contributed by atoms with E-state index in [-0.39, 0.29) is 11.8 Å². The fourth-order valence-electron chi connectivity index (χ4n) is 4.89. The third-order valence-corrected chi connectivity index (χ3v) is 6.15. The van der Waals surface area contributed by atoms with Gasteiger partial charge in [-0.05, 0) is 49.3 Å². The summed E-state index contributed by atoms with van der Waals surface area (Å²) in [6.07, 6.45) is 4.28. The number of hydrogen-bond acceptors (Lipinski definition) is 2. The average Bonchev–Trinajstić information content (AvgIpc) is 3.11. The number of para-hydroxylation sites is 1. The van der Waals surface area contributed by atoms with Gasteiger partial charge in [0.25, 0.3) is 0 Å². The number of fused-ring (bicyclic) bond motifs is 5. The van der Waals surface area contributed by atoms with Crippen LogP contribution in [0.25, 0.3) is 10.9 Å². The number of H-pyrrole nitrogens is 1. The van der Waals surface area contributed by atoms with E-state index in [0.717, 1.165) is 38.8 Å². The van der Waals surface area contributed by atoms with Gasteiger partial charge >= 0.3 is 5.97 Å². The van der Waals surface area contributed by atoms with E-state index in [4.69, 9.17) is 5.11 Å². The Morgan fingerprint density at radius 1 is 1.39 bits per heavy atom. The molecule has 2 aliphatic rings. The third-order valence-electron chi connectivity index (χ3n) is 6.15. The molecule has 0 radical (unpaired) electrons. The Bertz CT molecular complexity index is 751. The summed E-state index contributed by atoms with van der Waals surface area (Å²) in [5.41, 5.74) is 4.11. The summed E-state index contributed by atoms with van der Waals surface area (Å²) >= 11 is 0. The molecule has 4 heteroatoms. The van der Waals surface area contributed by atoms with Crippen LogP contribution >= 0.6 is 0 Å². The minimum Gasteiger partial charge on any atom is -0.481 e. The SMILES string of the molecule is CCC1(CCC(=O)O)CCN2CCc3c([nH]c4ccccc34)C21. The molecule has 1 aromatic heterocycles. The second-order valence-corrected chi connectivity index (χ2v) is 7.11. The summed E-state index contributed by atoms with van der Waals surface area (Å²) in [5.74, 6) is -0.677. The van der Waals surface area contributed by atoms with Crippen molar-refractivity contribution in [1.29, 1.82) is 0 Å². The molecule has 2 N–H and O–H groups in total. The van der Waals surface area contributed by atoms with Gasteiger partial charge in [-0.3, -0.25) is 9.69 Å². The van der Waals surface area contributed by atoms with E-state index in [1.165, 1.54) is 22.2 Å². The lowest BCUT2D eigenvalue weighted by Crippen LogP contribution is -2.37. The van der Waals surface area contributed by atoms with Gasteiger partial charge < -0.3 is 10.1 Å². The maximum Gasteiger partial charge on any atom is 0.303 e. The number of nitrogens with zero attached hydrogens (tertiary/aromatic N) is 1. The van der Waals surface area contributed by atoms with Crippen LogP contribution in [0, 0.1) is 5.41 Å². The molecule has 122 valence electrons. The van der Waals surface area contributed by atoms with E-state index in [2.05, 4.69) is 41.1 Å². The van der Waals surface area contributed by atoms with Gasteiger partial charge in [0.15, 0.2) is 0 Å². The summed E-state index contributed by atoms with van der Waals surface area (Å²) in [5, 5.41) is 10.5. The molecule has 4 rings (SSSR count). The van der Waals surface area contributed by atoms with Crippen LogP contribution in [0.15, 0.2) is 24.3 Å². The molecule has 2 aromatic rings. The Morgan fingerprint density at radius 3 is 3.00 bits per heavy atom. The molecule has 0 aliphatic carbocycles. The monoisotopic (exact) mass is 312 g/mol. The van der Waals surface area contributed by atoms with Crippen molar-refractivity contribution in [3.63, 3.8) is 0 Å². The number of benzene rings is 1. The van der Waals surface area contributed by atoms with Crippen molar-refractivity contribution in [2.75, 3.05) is 13.1 Å². The maximum absolute atomic E-state index is 11.1. The number of aliphatic carboxylic acids is 1. The van der Waals surface area contributed by atoms with Crippen LogP contribution in [0.2, 0.25) is 0 Å². The van der Waals surface area contributed by atoms with Gasteiger partial charge in [-0.1, -0.05) is 25.1 Å². The van der Waals surface area contributed by atoms with Gasteiger partial charge in [-0.25, -0.2) is 0 Å². The molecule has 2 atom stereocenters. The molecule has 0 spiro atoms. The van der Waals surface area contributed by atoms with Crippen LogP contribution in [0.5, 0.6) is 0 Å². The summed E-state index contributed by atoms with van der Waals surface area (Å²) in [7, 11) is 0. The highest BCUT2D eigenvalue weighted by Crippen LogP contribution is 2.55. The number of carboxylic acids is 1. The van der Waals surface area contributed by atoms with Crippen molar-refractivity contribution in [2.24, 2.45) is 5.41 Å². The number of aromatic nitrogens is 1. The molecular weight excluding hydrogens is 288 g/mol. The summed E-state index contributed by atoms with van der Waals surface area (Å²) in [6.45, 7) is 4.41. The van der Waals surface area contributed by atoms with Gasteiger partial charge in [0.2, 0.25) is 0 Å². The lowest BCUT2D eigenvalue weighted by atomic mass is 9.71. The zero-order chi connectivity index (χ0) is 16.0. The second-order valence-electron chi connectivity index (χ2n) is 7.11. The first-order valence-corrected chi connectivity index (χ1v) is 8.70. The van der Waals surface area contributed by atoms with Crippen LogP contribution in [-0.2, 0) is 11.2 Å². The van der Waals surface area contributed by atoms with E-state index in [0.29, 0.717) is 6.04 Å². The molecular formula is C19H24N2O2. The topological polar surface area (TPSA) is 56.3 Å². The van der Waals surface area contributed by atoms with Crippen LogP contribution < -0.4 is 0 Å². The van der Waals surface area contributed by atoms with Crippen molar-refractivity contribution in [3.05, 3.63) is 35.5 Å². The van der Waals surface area contributed by atoms with Crippen LogP contribution in [0.1, 0.15) is 49.9 Å². The molecule has 23 heavy (non-hydrogen) atoms. The Labute approximate surface area is 136 Å².